The van der Waals surface area contributed by atoms with Crippen LogP contribution in [-0.4, -0.2) is 144 Å². The normalized spacial score (nSPS) is 13.1. The number of methoxy groups -OCH3 is 3. The van der Waals surface area contributed by atoms with Crippen LogP contribution in [0.1, 0.15) is 52.8 Å². The lowest BCUT2D eigenvalue weighted by Crippen LogP contribution is -2.32. The second-order valence-electron chi connectivity index (χ2n) is 25.2. The van der Waals surface area contributed by atoms with Gasteiger partial charge in [-0.15, -0.1) is 0 Å². The Hall–Kier alpha value is -12.1. The summed E-state index contributed by atoms with van der Waals surface area (Å²) in [5.41, 5.74) is 17.3. The Balaban J connectivity index is 0.000000132. The van der Waals surface area contributed by atoms with Gasteiger partial charge in [0.15, 0.2) is 0 Å². The molecule has 3 aliphatic rings. The number of amides is 2. The Labute approximate surface area is 584 Å². The van der Waals surface area contributed by atoms with Crippen molar-refractivity contribution < 1.29 is 28.5 Å². The minimum Gasteiger partial charge on any atom is -0.497 e. The summed E-state index contributed by atoms with van der Waals surface area (Å²) in [6.07, 6.45) is 22.0. The van der Waals surface area contributed by atoms with E-state index in [4.69, 9.17) is 33.9 Å². The van der Waals surface area contributed by atoms with Gasteiger partial charge in [0.05, 0.1) is 120 Å². The summed E-state index contributed by atoms with van der Waals surface area (Å²) >= 11 is 0. The molecule has 101 heavy (non-hydrogen) atoms. The van der Waals surface area contributed by atoms with Crippen molar-refractivity contribution in [2.24, 2.45) is 25.9 Å². The molecule has 1 aliphatic heterocycles. The lowest BCUT2D eigenvalue weighted by Gasteiger charge is -2.27. The number of imide groups is 1. The molecule has 2 N–H and O–H groups in total. The van der Waals surface area contributed by atoms with Crippen molar-refractivity contribution in [3.8, 4) is 56.8 Å². The number of anilines is 6. The van der Waals surface area contributed by atoms with Crippen LogP contribution in [0.4, 0.5) is 34.1 Å². The summed E-state index contributed by atoms with van der Waals surface area (Å²) in [6, 6.07) is 47.7. The van der Waals surface area contributed by atoms with Crippen molar-refractivity contribution >= 4 is 79.0 Å². The van der Waals surface area contributed by atoms with Gasteiger partial charge in [0, 0.05) is 153 Å². The van der Waals surface area contributed by atoms with Crippen molar-refractivity contribution in [2.75, 3.05) is 82.4 Å². The van der Waals surface area contributed by atoms with Crippen LogP contribution in [0, 0.1) is 11.8 Å². The number of rotatable bonds is 24. The zero-order valence-electron chi connectivity index (χ0n) is 57.1. The van der Waals surface area contributed by atoms with E-state index in [1.807, 2.05) is 94.5 Å². The third-order valence-electron chi connectivity index (χ3n) is 18.0. The largest absolute Gasteiger partial charge is 0.497 e. The van der Waals surface area contributed by atoms with Crippen LogP contribution in [0.25, 0.3) is 66.9 Å². The van der Waals surface area contributed by atoms with E-state index >= 15 is 0 Å². The van der Waals surface area contributed by atoms with Gasteiger partial charge in [0.2, 0.25) is 0 Å². The Morgan fingerprint density at radius 1 is 0.485 bits per heavy atom. The van der Waals surface area contributed by atoms with Gasteiger partial charge in [-0.05, 0) is 130 Å². The Bertz CT molecular complexity index is 5020. The molecule has 510 valence electrons. The van der Waals surface area contributed by atoms with E-state index in [1.54, 1.807) is 85.9 Å². The number of ether oxygens (including phenoxy) is 4. The monoisotopic (exact) mass is 1350 g/mol. The zero-order chi connectivity index (χ0) is 69.3. The van der Waals surface area contributed by atoms with Gasteiger partial charge in [-0.2, -0.15) is 15.3 Å². The molecule has 2 fully saturated rings. The molecule has 16 rings (SSSR count). The van der Waals surface area contributed by atoms with Crippen molar-refractivity contribution in [2.45, 2.75) is 32.1 Å². The zero-order valence-corrected chi connectivity index (χ0v) is 57.1. The molecule has 0 spiro atoms. The number of carbonyl (C=O) groups is 2. The van der Waals surface area contributed by atoms with Crippen LogP contribution in [-0.2, 0) is 14.1 Å². The summed E-state index contributed by atoms with van der Waals surface area (Å²) in [5.74, 6) is 3.81. The molecule has 0 atom stereocenters. The number of aromatic amines is 1. The molecule has 2 aliphatic carbocycles. The third kappa shape index (κ3) is 15.4. The molecule has 7 heterocycles. The minimum atomic E-state index is -0.260. The van der Waals surface area contributed by atoms with Gasteiger partial charge in [-0.3, -0.25) is 43.9 Å². The van der Waals surface area contributed by atoms with Crippen molar-refractivity contribution in [3.05, 3.63) is 212 Å². The van der Waals surface area contributed by atoms with Crippen molar-refractivity contribution in [1.82, 2.24) is 69.9 Å². The van der Waals surface area contributed by atoms with Crippen LogP contribution in [0.2, 0.25) is 0 Å². The maximum absolute atomic E-state index is 12.9. The van der Waals surface area contributed by atoms with E-state index in [-0.39, 0.29) is 18.4 Å². The molecule has 2 saturated carbocycles. The second kappa shape index (κ2) is 29.9. The van der Waals surface area contributed by atoms with Crippen LogP contribution in [0.5, 0.6) is 23.0 Å². The number of carbonyl (C=O) groups excluding carboxylic acids is 2. The highest BCUT2D eigenvalue weighted by Gasteiger charge is 2.35. The third-order valence-corrected chi connectivity index (χ3v) is 18.0. The van der Waals surface area contributed by atoms with E-state index in [9.17, 15) is 9.59 Å². The summed E-state index contributed by atoms with van der Waals surface area (Å²) in [5, 5.41) is 18.5. The molecule has 0 unspecified atom stereocenters. The van der Waals surface area contributed by atoms with Gasteiger partial charge in [0.25, 0.3) is 11.8 Å². The lowest BCUT2D eigenvalue weighted by atomic mass is 10.1. The van der Waals surface area contributed by atoms with E-state index in [0.29, 0.717) is 48.1 Å². The fraction of sp³-hybridized carbons (Fsp3) is 0.244. The standard InChI is InChI=1S/C31H28N6O4.C26H30N6O2.C21H19N5/c1-35-19-20(17-33-35)29-18-32-27-10-9-21(15-28(27)34-29)36(22-13-23(40-2)16-24(14-22)41-3)11-6-12-37-30(38)25-7-4-5-8-26(25)31(37)39;1-27-8-9-34-23-11-21(10-22(13-23)33-3)32(16-18-4-5-18)20-6-7-24-25(12-20)30-26(15-28-24)19-14-29-31(2)17-19;1-2-4-17(5-3-1)26(14-15-6-7-15)18-8-9-19-20(10-18)25-21(13-22-19)16-11-23-24-12-16/h4-5,7-10,13-19H,6,11-12H2,1-3H3;6-7,10-15,17-18,27H,4-5,8-9,16H2,1-3H3;1-5,8-13,15H,6-7,14H2,(H,23,24). The molecule has 23 heteroatoms. The summed E-state index contributed by atoms with van der Waals surface area (Å²) in [7, 11) is 10.6. The number of hydrogen-bond donors (Lipinski definition) is 2. The molecule has 0 saturated heterocycles. The minimum absolute atomic E-state index is 0.260. The quantitative estimate of drug-likeness (QED) is 0.0422. The van der Waals surface area contributed by atoms with Gasteiger partial charge >= 0.3 is 0 Å². The first-order chi connectivity index (χ1) is 49.4. The van der Waals surface area contributed by atoms with Crippen molar-refractivity contribution in [1.29, 1.82) is 0 Å². The highest BCUT2D eigenvalue weighted by molar-refractivity contribution is 6.21. The van der Waals surface area contributed by atoms with E-state index in [0.717, 1.165) is 132 Å². The molecule has 0 radical (unpaired) electrons. The van der Waals surface area contributed by atoms with Crippen LogP contribution < -0.4 is 39.0 Å². The molecule has 23 nitrogen and oxygen atoms in total. The SMILES string of the molecule is CNCCOc1cc(OC)cc(N(CC2CC2)c2ccc3ncc(-c4cnn(C)c4)nc3c2)c1.COc1cc(OC)cc(N(CCCN2C(=O)c3ccccc3C2=O)c2ccc3ncc(-c4cnn(C)c4)nc3c2)c1.c1ccc(N(CC2CC2)c2ccc3ncc(-c4cn[nH]c4)nc3c2)cc1. The Kier molecular flexibility index (Phi) is 19.6. The predicted molar refractivity (Wildman–Crippen MR) is 392 cm³/mol. The first kappa shape index (κ1) is 66.1. The van der Waals surface area contributed by atoms with Gasteiger partial charge in [-0.25, -0.2) is 15.0 Å². The number of fused-ring (bicyclic) bond motifs is 4. The van der Waals surface area contributed by atoms with E-state index < -0.39 is 0 Å². The number of nitrogens with one attached hydrogen (secondary N) is 2. The number of para-hydroxylation sites is 1. The highest BCUT2D eigenvalue weighted by Crippen LogP contribution is 2.41. The summed E-state index contributed by atoms with van der Waals surface area (Å²) in [6.45, 7) is 4.14. The van der Waals surface area contributed by atoms with Gasteiger partial charge in [-0.1, -0.05) is 30.3 Å². The number of H-pyrrole nitrogens is 1. The molecule has 2 amide bonds. The first-order valence-electron chi connectivity index (χ1n) is 33.7. The van der Waals surface area contributed by atoms with Crippen molar-refractivity contribution in [3.63, 3.8) is 0 Å². The number of aryl methyl sites for hydroxylation is 2. The number of benzene rings is 7. The molecule has 7 aromatic carbocycles. The maximum atomic E-state index is 12.9. The van der Waals surface area contributed by atoms with Crippen LogP contribution >= 0.6 is 0 Å². The second-order valence-corrected chi connectivity index (χ2v) is 25.2. The molecule has 0 bridgehead atoms. The van der Waals surface area contributed by atoms with Crippen LogP contribution in [0.3, 0.4) is 0 Å². The fourth-order valence-electron chi connectivity index (χ4n) is 12.2. The van der Waals surface area contributed by atoms with E-state index in [1.165, 1.54) is 36.3 Å². The first-order valence-corrected chi connectivity index (χ1v) is 33.7. The highest BCUT2D eigenvalue weighted by atomic mass is 16.5. The summed E-state index contributed by atoms with van der Waals surface area (Å²) in [4.78, 5) is 62.3. The number of nitrogens with zero attached hydrogens (tertiary/aromatic N) is 15. The topological polar surface area (TPSA) is 238 Å². The lowest BCUT2D eigenvalue weighted by molar-refractivity contribution is 0.0653. The Morgan fingerprint density at radius 3 is 1.40 bits per heavy atom. The van der Waals surface area contributed by atoms with E-state index in [2.05, 4.69) is 128 Å². The average Bonchev–Trinajstić information content (AvgIpc) is 1.73. The Morgan fingerprint density at radius 2 is 0.941 bits per heavy atom. The smallest absolute Gasteiger partial charge is 0.261 e. The number of aromatic nitrogens is 12. The van der Waals surface area contributed by atoms with Crippen LogP contribution in [0.15, 0.2) is 201 Å². The number of hydrogen-bond acceptors (Lipinski definition) is 19. The molecule has 13 aromatic rings. The predicted octanol–water partition coefficient (Wildman–Crippen LogP) is 13.6. The molecular formula is C78H77N17O6. The average molecular weight is 1350 g/mol. The fourth-order valence-corrected chi connectivity index (χ4v) is 12.2. The summed E-state index contributed by atoms with van der Waals surface area (Å²) < 4.78 is 26.1. The number of likely N-dealkylation sites (N-methyl/N-ethyl adjacent to an activating group) is 1. The van der Waals surface area contributed by atoms with Gasteiger partial charge in [0.1, 0.15) is 29.6 Å². The maximum Gasteiger partial charge on any atom is 0.261 e. The molecule has 6 aromatic heterocycles. The molecular weight excluding hydrogens is 1270 g/mol. The van der Waals surface area contributed by atoms with Gasteiger partial charge < -0.3 is 39.0 Å².